The van der Waals surface area contributed by atoms with Crippen LogP contribution in [0.4, 0.5) is 27.6 Å². The van der Waals surface area contributed by atoms with Crippen LogP contribution in [0.2, 0.25) is 0 Å². The molecule has 1 amide bonds. The van der Waals surface area contributed by atoms with Crippen molar-refractivity contribution in [1.29, 1.82) is 0 Å². The Labute approximate surface area is 97.6 Å². The molecular formula is C10H6F5NO2. The van der Waals surface area contributed by atoms with E-state index in [2.05, 4.69) is 0 Å². The molecule has 1 aromatic rings. The molecule has 0 saturated heterocycles. The standard InChI is InChI=1S/C10H6F5NO2/c11-9(12,10(13,14)15)8(18)16-7-3-1-2-6(4-7)5-17/h1-5H,(H,16,18). The van der Waals surface area contributed by atoms with Gasteiger partial charge in [-0.3, -0.25) is 9.59 Å². The molecule has 0 radical (unpaired) electrons. The van der Waals surface area contributed by atoms with Gasteiger partial charge in [-0.2, -0.15) is 22.0 Å². The summed E-state index contributed by atoms with van der Waals surface area (Å²) >= 11 is 0. The molecule has 8 heteroatoms. The van der Waals surface area contributed by atoms with Crippen LogP contribution in [0.15, 0.2) is 24.3 Å². The Morgan fingerprint density at radius 3 is 2.28 bits per heavy atom. The molecule has 18 heavy (non-hydrogen) atoms. The van der Waals surface area contributed by atoms with Crippen molar-refractivity contribution >= 4 is 17.9 Å². The summed E-state index contributed by atoms with van der Waals surface area (Å²) in [4.78, 5) is 21.2. The van der Waals surface area contributed by atoms with Crippen LogP contribution in [0.1, 0.15) is 10.4 Å². The molecule has 0 aliphatic rings. The Morgan fingerprint density at radius 2 is 1.78 bits per heavy atom. The molecule has 1 N–H and O–H groups in total. The maximum Gasteiger partial charge on any atom is 0.463 e. The minimum absolute atomic E-state index is 0.0307. The van der Waals surface area contributed by atoms with E-state index in [0.29, 0.717) is 6.29 Å². The van der Waals surface area contributed by atoms with Gasteiger partial charge < -0.3 is 5.32 Å². The van der Waals surface area contributed by atoms with E-state index in [-0.39, 0.29) is 11.3 Å². The van der Waals surface area contributed by atoms with Gasteiger partial charge in [-0.05, 0) is 12.1 Å². The van der Waals surface area contributed by atoms with Crippen molar-refractivity contribution in [2.45, 2.75) is 12.1 Å². The molecule has 0 aromatic heterocycles. The molecular weight excluding hydrogens is 261 g/mol. The zero-order valence-corrected chi connectivity index (χ0v) is 8.59. The van der Waals surface area contributed by atoms with Gasteiger partial charge in [0.15, 0.2) is 0 Å². The monoisotopic (exact) mass is 267 g/mol. The molecule has 98 valence electrons. The summed E-state index contributed by atoms with van der Waals surface area (Å²) in [7, 11) is 0. The third-order valence-electron chi connectivity index (χ3n) is 1.92. The summed E-state index contributed by atoms with van der Waals surface area (Å²) in [5.41, 5.74) is -0.295. The van der Waals surface area contributed by atoms with Crippen LogP contribution >= 0.6 is 0 Å². The number of alkyl halides is 5. The first-order chi connectivity index (χ1) is 8.18. The Hall–Kier alpha value is -1.99. The Kier molecular flexibility index (Phi) is 3.68. The Balaban J connectivity index is 2.91. The van der Waals surface area contributed by atoms with E-state index in [1.54, 1.807) is 0 Å². The summed E-state index contributed by atoms with van der Waals surface area (Å²) in [5.74, 6) is -8.00. The molecule has 0 bridgehead atoms. The van der Waals surface area contributed by atoms with Gasteiger partial charge in [0.05, 0.1) is 0 Å². The summed E-state index contributed by atoms with van der Waals surface area (Å²) in [6.45, 7) is 0. The van der Waals surface area contributed by atoms with Gasteiger partial charge in [-0.15, -0.1) is 0 Å². The second-order valence-electron chi connectivity index (χ2n) is 3.27. The van der Waals surface area contributed by atoms with Crippen molar-refractivity contribution in [3.8, 4) is 0 Å². The number of amides is 1. The number of carbonyl (C=O) groups excluding carboxylic acids is 2. The average Bonchev–Trinajstić information content (AvgIpc) is 2.27. The van der Waals surface area contributed by atoms with Crippen LogP contribution in [0.3, 0.4) is 0 Å². The lowest BCUT2D eigenvalue weighted by atomic mass is 10.2. The van der Waals surface area contributed by atoms with Gasteiger partial charge in [0.1, 0.15) is 6.29 Å². The number of benzene rings is 1. The first kappa shape index (κ1) is 14.1. The first-order valence-electron chi connectivity index (χ1n) is 4.49. The zero-order chi connectivity index (χ0) is 14.0. The van der Waals surface area contributed by atoms with Crippen molar-refractivity contribution in [3.05, 3.63) is 29.8 Å². The van der Waals surface area contributed by atoms with Crippen molar-refractivity contribution in [2.24, 2.45) is 0 Å². The highest BCUT2D eigenvalue weighted by molar-refractivity contribution is 5.97. The van der Waals surface area contributed by atoms with Gasteiger partial charge in [0, 0.05) is 11.3 Å². The van der Waals surface area contributed by atoms with Crippen molar-refractivity contribution < 1.29 is 31.5 Å². The predicted octanol–water partition coefficient (Wildman–Crippen LogP) is 2.64. The summed E-state index contributed by atoms with van der Waals surface area (Å²) in [6.07, 6.45) is -5.61. The Bertz CT molecular complexity index is 470. The van der Waals surface area contributed by atoms with E-state index < -0.39 is 18.0 Å². The van der Waals surface area contributed by atoms with Crippen LogP contribution in [0.25, 0.3) is 0 Å². The molecule has 0 unspecified atom stereocenters. The van der Waals surface area contributed by atoms with Crippen molar-refractivity contribution in [1.82, 2.24) is 0 Å². The van der Waals surface area contributed by atoms with E-state index in [0.717, 1.165) is 12.1 Å². The second-order valence-corrected chi connectivity index (χ2v) is 3.27. The largest absolute Gasteiger partial charge is 0.463 e. The lowest BCUT2D eigenvalue weighted by Gasteiger charge is -2.18. The van der Waals surface area contributed by atoms with Crippen LogP contribution in [-0.2, 0) is 4.79 Å². The fourth-order valence-electron chi connectivity index (χ4n) is 1.03. The number of carbonyl (C=O) groups is 2. The van der Waals surface area contributed by atoms with E-state index in [4.69, 9.17) is 0 Å². The fraction of sp³-hybridized carbons (Fsp3) is 0.200. The summed E-state index contributed by atoms with van der Waals surface area (Å²) in [6, 6.07) is 4.57. The number of hydrogen-bond donors (Lipinski definition) is 1. The fourth-order valence-corrected chi connectivity index (χ4v) is 1.03. The zero-order valence-electron chi connectivity index (χ0n) is 8.59. The van der Waals surface area contributed by atoms with E-state index in [1.165, 1.54) is 17.4 Å². The number of nitrogens with one attached hydrogen (secondary N) is 1. The Morgan fingerprint density at radius 1 is 1.17 bits per heavy atom. The molecule has 0 spiro atoms. The van der Waals surface area contributed by atoms with Crippen LogP contribution < -0.4 is 5.32 Å². The first-order valence-corrected chi connectivity index (χ1v) is 4.49. The predicted molar refractivity (Wildman–Crippen MR) is 51.5 cm³/mol. The van der Waals surface area contributed by atoms with Gasteiger partial charge in [-0.1, -0.05) is 12.1 Å². The smallest absolute Gasteiger partial charge is 0.321 e. The highest BCUT2D eigenvalue weighted by atomic mass is 19.4. The molecule has 0 heterocycles. The highest BCUT2D eigenvalue weighted by Crippen LogP contribution is 2.36. The van der Waals surface area contributed by atoms with E-state index in [1.807, 2.05) is 0 Å². The maximum absolute atomic E-state index is 12.6. The summed E-state index contributed by atoms with van der Waals surface area (Å²) < 4.78 is 60.8. The number of hydrogen-bond acceptors (Lipinski definition) is 2. The van der Waals surface area contributed by atoms with Gasteiger partial charge in [-0.25, -0.2) is 0 Å². The average molecular weight is 267 g/mol. The number of rotatable bonds is 3. The van der Waals surface area contributed by atoms with Gasteiger partial charge in [0.25, 0.3) is 0 Å². The number of anilines is 1. The lowest BCUT2D eigenvalue weighted by Crippen LogP contribution is -2.47. The molecule has 0 aliphatic carbocycles. The van der Waals surface area contributed by atoms with Gasteiger partial charge in [0.2, 0.25) is 0 Å². The molecule has 0 atom stereocenters. The molecule has 0 fully saturated rings. The summed E-state index contributed by atoms with van der Waals surface area (Å²) in [5, 5.41) is 1.40. The molecule has 1 rings (SSSR count). The molecule has 1 aromatic carbocycles. The second kappa shape index (κ2) is 4.71. The van der Waals surface area contributed by atoms with Crippen LogP contribution in [0, 0.1) is 0 Å². The topological polar surface area (TPSA) is 46.2 Å². The van der Waals surface area contributed by atoms with Crippen molar-refractivity contribution in [2.75, 3.05) is 5.32 Å². The number of halogens is 5. The maximum atomic E-state index is 12.6. The molecule has 3 nitrogen and oxygen atoms in total. The molecule has 0 aliphatic heterocycles. The minimum atomic E-state index is -5.97. The highest BCUT2D eigenvalue weighted by Gasteiger charge is 2.63. The third-order valence-corrected chi connectivity index (χ3v) is 1.92. The SMILES string of the molecule is O=Cc1cccc(NC(=O)C(F)(F)C(F)(F)F)c1. The number of aldehydes is 1. The lowest BCUT2D eigenvalue weighted by molar-refractivity contribution is -0.267. The van der Waals surface area contributed by atoms with Crippen LogP contribution in [0.5, 0.6) is 0 Å². The van der Waals surface area contributed by atoms with E-state index in [9.17, 15) is 31.5 Å². The van der Waals surface area contributed by atoms with E-state index >= 15 is 0 Å². The van der Waals surface area contributed by atoms with Gasteiger partial charge >= 0.3 is 18.0 Å². The quantitative estimate of drug-likeness (QED) is 0.676. The molecule has 0 saturated carbocycles. The normalized spacial score (nSPS) is 12.1. The third kappa shape index (κ3) is 2.82. The van der Waals surface area contributed by atoms with Crippen LogP contribution in [-0.4, -0.2) is 24.3 Å². The minimum Gasteiger partial charge on any atom is -0.321 e. The van der Waals surface area contributed by atoms with Crippen molar-refractivity contribution in [3.63, 3.8) is 0 Å².